The van der Waals surface area contributed by atoms with E-state index in [1.165, 1.54) is 0 Å². The second kappa shape index (κ2) is 6.31. The first-order valence-corrected chi connectivity index (χ1v) is 8.89. The van der Waals surface area contributed by atoms with E-state index >= 15 is 0 Å². The van der Waals surface area contributed by atoms with Crippen molar-refractivity contribution in [2.24, 2.45) is 5.41 Å². The molecule has 1 amide bonds. The Hall–Kier alpha value is -1.15. The summed E-state index contributed by atoms with van der Waals surface area (Å²) in [7, 11) is -3.40. The average molecular weight is 319 g/mol. The summed E-state index contributed by atoms with van der Waals surface area (Å²) in [6, 6.07) is 0. The number of sulfone groups is 1. The van der Waals surface area contributed by atoms with Crippen LogP contribution in [0.2, 0.25) is 0 Å². The van der Waals surface area contributed by atoms with E-state index in [0.717, 1.165) is 0 Å². The third-order valence-corrected chi connectivity index (χ3v) is 6.55. The Morgan fingerprint density at radius 2 is 1.90 bits per heavy atom. The maximum atomic E-state index is 12.1. The van der Waals surface area contributed by atoms with E-state index in [2.05, 4.69) is 5.32 Å². The van der Waals surface area contributed by atoms with Gasteiger partial charge in [0.1, 0.15) is 5.25 Å². The Morgan fingerprint density at radius 1 is 1.24 bits per heavy atom. The van der Waals surface area contributed by atoms with Crippen LogP contribution in [0.5, 0.6) is 0 Å². The van der Waals surface area contributed by atoms with Crippen molar-refractivity contribution >= 4 is 21.7 Å². The van der Waals surface area contributed by atoms with Crippen LogP contribution >= 0.6 is 0 Å². The number of nitrogens with one attached hydrogen (secondary N) is 1. The minimum Gasteiger partial charge on any atom is -0.481 e. The van der Waals surface area contributed by atoms with Crippen molar-refractivity contribution in [3.8, 4) is 0 Å². The molecule has 2 N–H and O–H groups in total. The van der Waals surface area contributed by atoms with Gasteiger partial charge in [0.05, 0.1) is 11.2 Å². The Labute approximate surface area is 124 Å². The topological polar surface area (TPSA) is 110 Å². The lowest BCUT2D eigenvalue weighted by molar-refractivity contribution is -0.154. The van der Waals surface area contributed by atoms with Crippen molar-refractivity contribution in [2.45, 2.75) is 37.4 Å². The molecule has 0 aromatic heterocycles. The maximum Gasteiger partial charge on any atom is 0.311 e. The Bertz CT molecular complexity index is 509. The van der Waals surface area contributed by atoms with Crippen LogP contribution in [-0.2, 0) is 24.2 Å². The van der Waals surface area contributed by atoms with Crippen LogP contribution in [-0.4, -0.2) is 56.2 Å². The highest BCUT2D eigenvalue weighted by molar-refractivity contribution is 7.92. The summed E-state index contributed by atoms with van der Waals surface area (Å²) in [5.41, 5.74) is -1.05. The van der Waals surface area contributed by atoms with Gasteiger partial charge in [-0.15, -0.1) is 0 Å². The van der Waals surface area contributed by atoms with Crippen molar-refractivity contribution in [1.82, 2.24) is 5.32 Å². The molecule has 7 nitrogen and oxygen atoms in total. The minimum absolute atomic E-state index is 0.0308. The van der Waals surface area contributed by atoms with Crippen molar-refractivity contribution < 1.29 is 27.9 Å². The van der Waals surface area contributed by atoms with Crippen LogP contribution in [0.3, 0.4) is 0 Å². The van der Waals surface area contributed by atoms with Crippen molar-refractivity contribution in [3.63, 3.8) is 0 Å². The predicted octanol–water partition coefficient (Wildman–Crippen LogP) is -0.0487. The summed E-state index contributed by atoms with van der Waals surface area (Å²) in [5, 5.41) is 10.9. The van der Waals surface area contributed by atoms with Gasteiger partial charge in [0, 0.05) is 19.8 Å². The van der Waals surface area contributed by atoms with Gasteiger partial charge in [0.2, 0.25) is 5.91 Å². The molecule has 2 heterocycles. The zero-order valence-electron chi connectivity index (χ0n) is 11.8. The van der Waals surface area contributed by atoms with E-state index in [4.69, 9.17) is 4.74 Å². The molecular formula is C13H21NO6S. The first-order chi connectivity index (χ1) is 9.87. The maximum absolute atomic E-state index is 12.1. The normalized spacial score (nSPS) is 27.7. The van der Waals surface area contributed by atoms with Crippen LogP contribution in [0.4, 0.5) is 0 Å². The van der Waals surface area contributed by atoms with E-state index < -0.39 is 32.4 Å². The van der Waals surface area contributed by atoms with E-state index in [1.54, 1.807) is 0 Å². The van der Waals surface area contributed by atoms with Gasteiger partial charge < -0.3 is 15.2 Å². The highest BCUT2D eigenvalue weighted by Crippen LogP contribution is 2.30. The molecule has 0 spiro atoms. The standard InChI is InChI=1S/C13H21NO6S/c15-11(10-3-1-2-8-21(10,18)19)14-9-13(12(16)17)4-6-20-7-5-13/h10H,1-9H2,(H,14,15)(H,16,17). The summed E-state index contributed by atoms with van der Waals surface area (Å²) in [6.45, 7) is 0.629. The van der Waals surface area contributed by atoms with Crippen LogP contribution in [0.15, 0.2) is 0 Å². The van der Waals surface area contributed by atoms with Gasteiger partial charge in [-0.3, -0.25) is 9.59 Å². The number of ether oxygens (including phenoxy) is 1. The fourth-order valence-electron chi connectivity index (χ4n) is 2.85. The van der Waals surface area contributed by atoms with Gasteiger partial charge in [0.15, 0.2) is 9.84 Å². The van der Waals surface area contributed by atoms with Crippen molar-refractivity contribution in [2.75, 3.05) is 25.5 Å². The second-order valence-corrected chi connectivity index (χ2v) is 8.07. The molecule has 2 aliphatic heterocycles. The molecule has 21 heavy (non-hydrogen) atoms. The quantitative estimate of drug-likeness (QED) is 0.752. The van der Waals surface area contributed by atoms with E-state index in [9.17, 15) is 23.1 Å². The summed E-state index contributed by atoms with van der Waals surface area (Å²) < 4.78 is 28.9. The molecule has 0 aromatic rings. The van der Waals surface area contributed by atoms with Gasteiger partial charge >= 0.3 is 5.97 Å². The number of aliphatic carboxylic acids is 1. The first kappa shape index (κ1) is 16.2. The summed E-state index contributed by atoms with van der Waals surface area (Å²) in [4.78, 5) is 23.6. The van der Waals surface area contributed by atoms with E-state index in [1.807, 2.05) is 0 Å². The molecule has 0 bridgehead atoms. The molecule has 120 valence electrons. The van der Waals surface area contributed by atoms with E-state index in [0.29, 0.717) is 45.3 Å². The van der Waals surface area contributed by atoms with Crippen molar-refractivity contribution in [3.05, 3.63) is 0 Å². The summed E-state index contributed by atoms with van der Waals surface area (Å²) >= 11 is 0. The fourth-order valence-corrected chi connectivity index (χ4v) is 4.67. The Balaban J connectivity index is 2.00. The summed E-state index contributed by atoms with van der Waals surface area (Å²) in [6.07, 6.45) is 2.25. The average Bonchev–Trinajstić information content (AvgIpc) is 2.45. The SMILES string of the molecule is O=C(NCC1(C(=O)O)CCOCC1)C1CCCCS1(=O)=O. The lowest BCUT2D eigenvalue weighted by atomic mass is 9.80. The van der Waals surface area contributed by atoms with Crippen LogP contribution in [0, 0.1) is 5.41 Å². The molecule has 2 aliphatic rings. The molecule has 8 heteroatoms. The molecule has 2 rings (SSSR count). The Morgan fingerprint density at radius 3 is 2.48 bits per heavy atom. The van der Waals surface area contributed by atoms with Gasteiger partial charge in [0.25, 0.3) is 0 Å². The Kier molecular flexibility index (Phi) is 4.88. The van der Waals surface area contributed by atoms with Gasteiger partial charge in [-0.2, -0.15) is 0 Å². The number of rotatable bonds is 4. The molecule has 2 fully saturated rings. The number of hydrogen-bond donors (Lipinski definition) is 2. The molecular weight excluding hydrogens is 298 g/mol. The fraction of sp³-hybridized carbons (Fsp3) is 0.846. The first-order valence-electron chi connectivity index (χ1n) is 7.18. The van der Waals surface area contributed by atoms with Crippen molar-refractivity contribution in [1.29, 1.82) is 0 Å². The number of carboxylic acids is 1. The lowest BCUT2D eigenvalue weighted by Gasteiger charge is -2.33. The highest BCUT2D eigenvalue weighted by atomic mass is 32.2. The predicted molar refractivity (Wildman–Crippen MR) is 74.6 cm³/mol. The molecule has 1 unspecified atom stereocenters. The van der Waals surface area contributed by atoms with Crippen LogP contribution < -0.4 is 5.32 Å². The monoisotopic (exact) mass is 319 g/mol. The van der Waals surface area contributed by atoms with Gasteiger partial charge in [-0.1, -0.05) is 6.42 Å². The summed E-state index contributed by atoms with van der Waals surface area (Å²) in [5.74, 6) is -1.51. The van der Waals surface area contributed by atoms with Crippen LogP contribution in [0.1, 0.15) is 32.1 Å². The van der Waals surface area contributed by atoms with Crippen LogP contribution in [0.25, 0.3) is 0 Å². The molecule has 2 saturated heterocycles. The zero-order chi connectivity index (χ0) is 15.5. The smallest absolute Gasteiger partial charge is 0.311 e. The zero-order valence-corrected chi connectivity index (χ0v) is 12.7. The number of amides is 1. The molecule has 1 atom stereocenters. The number of hydrogen-bond acceptors (Lipinski definition) is 5. The molecule has 0 radical (unpaired) electrons. The minimum atomic E-state index is -3.40. The second-order valence-electron chi connectivity index (χ2n) is 5.77. The van der Waals surface area contributed by atoms with E-state index in [-0.39, 0.29) is 12.3 Å². The molecule has 0 aromatic carbocycles. The van der Waals surface area contributed by atoms with Gasteiger partial charge in [-0.25, -0.2) is 8.42 Å². The molecule has 0 saturated carbocycles. The largest absolute Gasteiger partial charge is 0.481 e. The number of carbonyl (C=O) groups excluding carboxylic acids is 1. The van der Waals surface area contributed by atoms with Gasteiger partial charge in [-0.05, 0) is 25.7 Å². The number of carbonyl (C=O) groups is 2. The lowest BCUT2D eigenvalue weighted by Crippen LogP contribution is -2.50. The number of carboxylic acid groups (broad SMARTS) is 1. The molecule has 0 aliphatic carbocycles. The third kappa shape index (κ3) is 3.55. The highest BCUT2D eigenvalue weighted by Gasteiger charge is 2.42. The third-order valence-electron chi connectivity index (χ3n) is 4.38.